The van der Waals surface area contributed by atoms with Gasteiger partial charge in [0.15, 0.2) is 0 Å². The van der Waals surface area contributed by atoms with Gasteiger partial charge in [-0.2, -0.15) is 5.26 Å². The zero-order chi connectivity index (χ0) is 12.1. The molecule has 2 aromatic carbocycles. The van der Waals surface area contributed by atoms with E-state index in [-0.39, 0.29) is 0 Å². The summed E-state index contributed by atoms with van der Waals surface area (Å²) < 4.78 is 0.826. The van der Waals surface area contributed by atoms with E-state index in [0.29, 0.717) is 5.57 Å². The van der Waals surface area contributed by atoms with Crippen LogP contribution < -0.4 is 0 Å². The second kappa shape index (κ2) is 5.47. The van der Waals surface area contributed by atoms with Gasteiger partial charge in [0.1, 0.15) is 6.07 Å². The van der Waals surface area contributed by atoms with Gasteiger partial charge in [0.25, 0.3) is 0 Å². The molecule has 0 aromatic heterocycles. The zero-order valence-electron chi connectivity index (χ0n) is 9.10. The number of hydrogen-bond donors (Lipinski definition) is 0. The smallest absolute Gasteiger partial charge is 0.101 e. The molecule has 0 radical (unpaired) electrons. The fourth-order valence-electron chi connectivity index (χ4n) is 1.57. The van der Waals surface area contributed by atoms with Crippen LogP contribution in [0.3, 0.4) is 0 Å². The largest absolute Gasteiger partial charge is 0.192 e. The van der Waals surface area contributed by atoms with Gasteiger partial charge in [0.2, 0.25) is 0 Å². The van der Waals surface area contributed by atoms with Crippen LogP contribution in [0.2, 0.25) is 0 Å². The number of hydrogen-bond acceptors (Lipinski definition) is 1. The van der Waals surface area contributed by atoms with Gasteiger partial charge in [-0.05, 0) is 27.1 Å². The van der Waals surface area contributed by atoms with Gasteiger partial charge >= 0.3 is 0 Å². The Morgan fingerprint density at radius 1 is 0.824 bits per heavy atom. The lowest BCUT2D eigenvalue weighted by atomic mass is 10.0. The van der Waals surface area contributed by atoms with Crippen molar-refractivity contribution in [3.8, 4) is 6.07 Å². The summed E-state index contributed by atoms with van der Waals surface area (Å²) in [6, 6.07) is 21.7. The van der Waals surface area contributed by atoms with E-state index in [1.807, 2.05) is 60.7 Å². The van der Waals surface area contributed by atoms with Crippen molar-refractivity contribution in [3.05, 3.63) is 71.8 Å². The predicted octanol–water partition coefficient (Wildman–Crippen LogP) is 4.47. The third kappa shape index (κ3) is 2.64. The number of benzene rings is 2. The highest BCUT2D eigenvalue weighted by Crippen LogP contribution is 2.30. The molecular weight excluding hydrogens is 274 g/mol. The highest BCUT2D eigenvalue weighted by Gasteiger charge is 2.07. The molecule has 0 unspecified atom stereocenters. The van der Waals surface area contributed by atoms with Crippen molar-refractivity contribution in [1.82, 2.24) is 0 Å². The SMILES string of the molecule is N#CC(=C(Br)c1ccccc1)c1ccccc1. The molecule has 2 rings (SSSR count). The molecule has 0 aliphatic carbocycles. The molecule has 0 N–H and O–H groups in total. The Hall–Kier alpha value is -1.85. The van der Waals surface area contributed by atoms with Crippen molar-refractivity contribution < 1.29 is 0 Å². The topological polar surface area (TPSA) is 23.8 Å². The first-order chi connectivity index (χ1) is 8.33. The first-order valence-corrected chi connectivity index (χ1v) is 6.03. The molecule has 0 bridgehead atoms. The Bertz CT molecular complexity index is 565. The standard InChI is InChI=1S/C15H10BrN/c16-15(13-9-5-2-6-10-13)14(11-17)12-7-3-1-4-8-12/h1-10H. The van der Waals surface area contributed by atoms with Crippen LogP contribution in [0.1, 0.15) is 11.1 Å². The van der Waals surface area contributed by atoms with Gasteiger partial charge in [-0.1, -0.05) is 60.7 Å². The average Bonchev–Trinajstić information content (AvgIpc) is 2.42. The van der Waals surface area contributed by atoms with Crippen LogP contribution in [0.25, 0.3) is 10.1 Å². The van der Waals surface area contributed by atoms with Gasteiger partial charge in [-0.15, -0.1) is 0 Å². The van der Waals surface area contributed by atoms with E-state index in [1.54, 1.807) is 0 Å². The summed E-state index contributed by atoms with van der Waals surface area (Å²) in [5.74, 6) is 0. The molecule has 0 spiro atoms. The number of nitrogens with zero attached hydrogens (tertiary/aromatic N) is 1. The first kappa shape index (κ1) is 11.6. The highest BCUT2D eigenvalue weighted by molar-refractivity contribution is 9.15. The average molecular weight is 284 g/mol. The highest BCUT2D eigenvalue weighted by atomic mass is 79.9. The van der Waals surface area contributed by atoms with Crippen LogP contribution >= 0.6 is 15.9 Å². The van der Waals surface area contributed by atoms with Crippen molar-refractivity contribution >= 4 is 26.0 Å². The molecule has 2 aromatic rings. The maximum absolute atomic E-state index is 9.27. The molecule has 2 heteroatoms. The van der Waals surface area contributed by atoms with E-state index in [9.17, 15) is 5.26 Å². The molecular formula is C15H10BrN. The van der Waals surface area contributed by atoms with E-state index in [0.717, 1.165) is 15.6 Å². The van der Waals surface area contributed by atoms with Crippen molar-refractivity contribution in [1.29, 1.82) is 5.26 Å². The summed E-state index contributed by atoms with van der Waals surface area (Å²) in [5.41, 5.74) is 2.58. The minimum Gasteiger partial charge on any atom is -0.192 e. The normalized spacial score (nSPS) is 11.5. The predicted molar refractivity (Wildman–Crippen MR) is 74.2 cm³/mol. The fourth-order valence-corrected chi connectivity index (χ4v) is 2.16. The lowest BCUT2D eigenvalue weighted by molar-refractivity contribution is 1.52. The second-order valence-corrected chi connectivity index (χ2v) is 4.33. The minimum absolute atomic E-state index is 0.650. The molecule has 17 heavy (non-hydrogen) atoms. The molecule has 0 aliphatic rings. The zero-order valence-corrected chi connectivity index (χ0v) is 10.7. The molecule has 0 atom stereocenters. The summed E-state index contributed by atoms with van der Waals surface area (Å²) >= 11 is 3.51. The van der Waals surface area contributed by atoms with Crippen LogP contribution in [-0.4, -0.2) is 0 Å². The van der Waals surface area contributed by atoms with E-state index in [2.05, 4.69) is 22.0 Å². The summed E-state index contributed by atoms with van der Waals surface area (Å²) in [7, 11) is 0. The Labute approximate surface area is 109 Å². The van der Waals surface area contributed by atoms with E-state index in [4.69, 9.17) is 0 Å². The van der Waals surface area contributed by atoms with Crippen LogP contribution in [-0.2, 0) is 0 Å². The third-order valence-corrected chi connectivity index (χ3v) is 3.28. The molecule has 82 valence electrons. The second-order valence-electron chi connectivity index (χ2n) is 3.53. The summed E-state index contributed by atoms with van der Waals surface area (Å²) in [5, 5.41) is 9.27. The van der Waals surface area contributed by atoms with Gasteiger partial charge in [-0.3, -0.25) is 0 Å². The lowest BCUT2D eigenvalue weighted by Gasteiger charge is -2.04. The van der Waals surface area contributed by atoms with Gasteiger partial charge in [0, 0.05) is 4.48 Å². The van der Waals surface area contributed by atoms with Gasteiger partial charge in [0.05, 0.1) is 5.57 Å². The number of allylic oxidation sites excluding steroid dienone is 1. The lowest BCUT2D eigenvalue weighted by Crippen LogP contribution is -1.85. The van der Waals surface area contributed by atoms with Crippen molar-refractivity contribution in [3.63, 3.8) is 0 Å². The minimum atomic E-state index is 0.650. The Morgan fingerprint density at radius 2 is 1.29 bits per heavy atom. The van der Waals surface area contributed by atoms with Crippen LogP contribution in [0.5, 0.6) is 0 Å². The van der Waals surface area contributed by atoms with Crippen LogP contribution in [0.15, 0.2) is 60.7 Å². The van der Waals surface area contributed by atoms with Gasteiger partial charge < -0.3 is 0 Å². The number of halogens is 1. The summed E-state index contributed by atoms with van der Waals surface area (Å²) in [4.78, 5) is 0. The quantitative estimate of drug-likeness (QED) is 0.589. The summed E-state index contributed by atoms with van der Waals surface area (Å²) in [6.45, 7) is 0. The Morgan fingerprint density at radius 3 is 1.76 bits per heavy atom. The summed E-state index contributed by atoms with van der Waals surface area (Å²) in [6.07, 6.45) is 0. The molecule has 0 saturated carbocycles. The van der Waals surface area contributed by atoms with E-state index in [1.165, 1.54) is 0 Å². The Balaban J connectivity index is 2.53. The molecule has 0 saturated heterocycles. The molecule has 1 nitrogen and oxygen atoms in total. The maximum atomic E-state index is 9.27. The number of rotatable bonds is 2. The molecule has 0 heterocycles. The molecule has 0 fully saturated rings. The van der Waals surface area contributed by atoms with Crippen molar-refractivity contribution in [2.24, 2.45) is 0 Å². The fraction of sp³-hybridized carbons (Fsp3) is 0. The Kier molecular flexibility index (Phi) is 3.74. The first-order valence-electron chi connectivity index (χ1n) is 5.23. The third-order valence-electron chi connectivity index (χ3n) is 2.42. The van der Waals surface area contributed by atoms with E-state index < -0.39 is 0 Å². The monoisotopic (exact) mass is 283 g/mol. The number of nitriles is 1. The maximum Gasteiger partial charge on any atom is 0.101 e. The molecule has 0 amide bonds. The van der Waals surface area contributed by atoms with Crippen LogP contribution in [0, 0.1) is 11.3 Å². The van der Waals surface area contributed by atoms with Gasteiger partial charge in [-0.25, -0.2) is 0 Å². The van der Waals surface area contributed by atoms with Crippen molar-refractivity contribution in [2.45, 2.75) is 0 Å². The van der Waals surface area contributed by atoms with Crippen LogP contribution in [0.4, 0.5) is 0 Å². The van der Waals surface area contributed by atoms with E-state index >= 15 is 0 Å². The molecule has 0 aliphatic heterocycles. The van der Waals surface area contributed by atoms with Crippen molar-refractivity contribution in [2.75, 3.05) is 0 Å².